The van der Waals surface area contributed by atoms with Crippen LogP contribution in [0.25, 0.3) is 11.4 Å². The van der Waals surface area contributed by atoms with Crippen LogP contribution in [0.15, 0.2) is 30.7 Å². The average Bonchev–Trinajstić information content (AvgIpc) is 3.16. The molecule has 10 heteroatoms. The highest BCUT2D eigenvalue weighted by molar-refractivity contribution is 6.28. The Morgan fingerprint density at radius 2 is 2.03 bits per heavy atom. The van der Waals surface area contributed by atoms with Crippen LogP contribution in [0.5, 0.6) is 5.75 Å². The van der Waals surface area contributed by atoms with Crippen LogP contribution >= 0.6 is 11.6 Å². The maximum absolute atomic E-state index is 12.2. The van der Waals surface area contributed by atoms with E-state index in [0.29, 0.717) is 22.8 Å². The molecule has 9 nitrogen and oxygen atoms in total. The Labute approximate surface area is 174 Å². The van der Waals surface area contributed by atoms with Crippen molar-refractivity contribution in [2.45, 2.75) is 20.8 Å². The standard InChI is InChI=1S/C17H17ClN6O3.C2H6/c1-4-27-16(25)11-8-19-17(18)22-15(11)21-12-7-5-6-10(13(12)26-3)14-20-9-24(2)23-14;1-2/h5-9H,4H2,1-3H3,(H,19,21,22);1-2H3. The largest absolute Gasteiger partial charge is 0.494 e. The number of aryl methyl sites for hydroxylation is 1. The van der Waals surface area contributed by atoms with Crippen LogP contribution in [0.2, 0.25) is 5.28 Å². The molecule has 0 aliphatic carbocycles. The van der Waals surface area contributed by atoms with Crippen molar-refractivity contribution in [3.8, 4) is 17.1 Å². The Morgan fingerprint density at radius 1 is 1.28 bits per heavy atom. The van der Waals surface area contributed by atoms with Crippen LogP contribution < -0.4 is 10.1 Å². The lowest BCUT2D eigenvalue weighted by molar-refractivity contribution is 0.0526. The van der Waals surface area contributed by atoms with Gasteiger partial charge in [-0.05, 0) is 30.7 Å². The summed E-state index contributed by atoms with van der Waals surface area (Å²) in [6.45, 7) is 5.94. The molecule has 0 saturated heterocycles. The smallest absolute Gasteiger partial charge is 0.343 e. The molecule has 0 radical (unpaired) electrons. The summed E-state index contributed by atoms with van der Waals surface area (Å²) in [6, 6.07) is 5.41. The molecule has 0 aliphatic heterocycles. The molecule has 2 heterocycles. The van der Waals surface area contributed by atoms with Gasteiger partial charge in [-0.2, -0.15) is 10.1 Å². The minimum atomic E-state index is -0.557. The second-order valence-corrected chi connectivity index (χ2v) is 5.71. The van der Waals surface area contributed by atoms with Crippen LogP contribution in [-0.2, 0) is 11.8 Å². The zero-order valence-electron chi connectivity index (χ0n) is 16.9. The zero-order valence-corrected chi connectivity index (χ0v) is 17.7. The van der Waals surface area contributed by atoms with Gasteiger partial charge in [0.05, 0.1) is 25.0 Å². The fourth-order valence-electron chi connectivity index (χ4n) is 2.44. The van der Waals surface area contributed by atoms with Gasteiger partial charge in [-0.3, -0.25) is 4.68 Å². The van der Waals surface area contributed by atoms with Gasteiger partial charge >= 0.3 is 5.97 Å². The zero-order chi connectivity index (χ0) is 21.4. The highest BCUT2D eigenvalue weighted by Gasteiger charge is 2.19. The van der Waals surface area contributed by atoms with E-state index in [1.807, 2.05) is 26.0 Å². The number of nitrogens with zero attached hydrogens (tertiary/aromatic N) is 5. The minimum Gasteiger partial charge on any atom is -0.494 e. The van der Waals surface area contributed by atoms with Gasteiger partial charge in [0.1, 0.15) is 17.7 Å². The number of carbonyl (C=O) groups excluding carboxylic acids is 1. The van der Waals surface area contributed by atoms with E-state index in [1.54, 1.807) is 31.0 Å². The molecule has 3 rings (SSSR count). The van der Waals surface area contributed by atoms with Crippen molar-refractivity contribution in [2.75, 3.05) is 19.0 Å². The van der Waals surface area contributed by atoms with Crippen molar-refractivity contribution in [1.29, 1.82) is 0 Å². The molecule has 0 spiro atoms. The Bertz CT molecular complexity index is 976. The maximum Gasteiger partial charge on any atom is 0.343 e. The Kier molecular flexibility index (Phi) is 7.90. The van der Waals surface area contributed by atoms with E-state index in [-0.39, 0.29) is 23.3 Å². The van der Waals surface area contributed by atoms with Crippen molar-refractivity contribution in [1.82, 2.24) is 24.7 Å². The monoisotopic (exact) mass is 418 g/mol. The maximum atomic E-state index is 12.2. The number of methoxy groups -OCH3 is 1. The number of rotatable bonds is 6. The average molecular weight is 419 g/mol. The fourth-order valence-corrected chi connectivity index (χ4v) is 2.57. The van der Waals surface area contributed by atoms with Crippen LogP contribution in [-0.4, -0.2) is 44.4 Å². The SMILES string of the molecule is CC.CCOC(=O)c1cnc(Cl)nc1Nc1cccc(-c2ncn(C)n2)c1OC. The third-order valence-corrected chi connectivity index (χ3v) is 3.75. The summed E-state index contributed by atoms with van der Waals surface area (Å²) in [5.41, 5.74) is 1.40. The highest BCUT2D eigenvalue weighted by Crippen LogP contribution is 2.36. The van der Waals surface area contributed by atoms with Gasteiger partial charge in [-0.25, -0.2) is 14.8 Å². The summed E-state index contributed by atoms with van der Waals surface area (Å²) in [5, 5.41) is 7.36. The number of esters is 1. The van der Waals surface area contributed by atoms with Gasteiger partial charge in [0, 0.05) is 13.2 Å². The van der Waals surface area contributed by atoms with Crippen LogP contribution in [0, 0.1) is 0 Å². The van der Waals surface area contributed by atoms with Gasteiger partial charge in [-0.15, -0.1) is 0 Å². The second-order valence-electron chi connectivity index (χ2n) is 5.38. The number of hydrogen-bond acceptors (Lipinski definition) is 8. The van der Waals surface area contributed by atoms with Gasteiger partial charge in [0.2, 0.25) is 5.28 Å². The first-order chi connectivity index (χ1) is 14.0. The molecule has 0 aliphatic rings. The van der Waals surface area contributed by atoms with Gasteiger partial charge in [0.25, 0.3) is 0 Å². The van der Waals surface area contributed by atoms with E-state index in [1.165, 1.54) is 13.3 Å². The van der Waals surface area contributed by atoms with Crippen molar-refractivity contribution in [3.63, 3.8) is 0 Å². The summed E-state index contributed by atoms with van der Waals surface area (Å²) in [5.74, 6) is 0.647. The van der Waals surface area contributed by atoms with E-state index in [9.17, 15) is 4.79 Å². The summed E-state index contributed by atoms with van der Waals surface area (Å²) in [7, 11) is 3.31. The third-order valence-electron chi connectivity index (χ3n) is 3.57. The number of hydrogen-bond donors (Lipinski definition) is 1. The summed E-state index contributed by atoms with van der Waals surface area (Å²) < 4.78 is 12.2. The third kappa shape index (κ3) is 5.20. The second kappa shape index (κ2) is 10.4. The van der Waals surface area contributed by atoms with Crippen molar-refractivity contribution in [2.24, 2.45) is 7.05 Å². The molecule has 2 aromatic heterocycles. The molecule has 0 bridgehead atoms. The van der Waals surface area contributed by atoms with Gasteiger partial charge in [-0.1, -0.05) is 19.9 Å². The normalized spacial score (nSPS) is 10.0. The Morgan fingerprint density at radius 3 is 2.66 bits per heavy atom. The first kappa shape index (κ1) is 22.1. The molecule has 0 atom stereocenters. The molecule has 0 unspecified atom stereocenters. The molecular formula is C19H23ClN6O3. The molecule has 1 aromatic carbocycles. The number of benzene rings is 1. The lowest BCUT2D eigenvalue weighted by Crippen LogP contribution is -2.11. The van der Waals surface area contributed by atoms with Crippen molar-refractivity contribution >= 4 is 29.1 Å². The molecule has 154 valence electrons. The summed E-state index contributed by atoms with van der Waals surface area (Å²) >= 11 is 5.90. The fraction of sp³-hybridized carbons (Fsp3) is 0.316. The number of aromatic nitrogens is 5. The number of para-hydroxylation sites is 1. The van der Waals surface area contributed by atoms with E-state index in [0.717, 1.165) is 0 Å². The minimum absolute atomic E-state index is 0.00735. The topological polar surface area (TPSA) is 104 Å². The van der Waals surface area contributed by atoms with Crippen LogP contribution in [0.3, 0.4) is 0 Å². The predicted molar refractivity (Wildman–Crippen MR) is 111 cm³/mol. The van der Waals surface area contributed by atoms with Crippen molar-refractivity contribution in [3.05, 3.63) is 41.6 Å². The van der Waals surface area contributed by atoms with E-state index >= 15 is 0 Å². The van der Waals surface area contributed by atoms with E-state index < -0.39 is 5.97 Å². The Hall–Kier alpha value is -3.20. The Balaban J connectivity index is 0.00000145. The van der Waals surface area contributed by atoms with E-state index in [2.05, 4.69) is 25.4 Å². The quantitative estimate of drug-likeness (QED) is 0.475. The van der Waals surface area contributed by atoms with Crippen LogP contribution in [0.1, 0.15) is 31.1 Å². The van der Waals surface area contributed by atoms with Crippen LogP contribution in [0.4, 0.5) is 11.5 Å². The summed E-state index contributed by atoms with van der Waals surface area (Å²) in [6.07, 6.45) is 2.91. The van der Waals surface area contributed by atoms with Gasteiger partial charge in [0.15, 0.2) is 11.6 Å². The first-order valence-corrected chi connectivity index (χ1v) is 9.41. The molecular weight excluding hydrogens is 396 g/mol. The number of ether oxygens (including phenoxy) is 2. The van der Waals surface area contributed by atoms with E-state index in [4.69, 9.17) is 21.1 Å². The number of halogens is 1. The molecule has 1 N–H and O–H groups in total. The predicted octanol–water partition coefficient (Wildman–Crippen LogP) is 3.88. The molecule has 0 amide bonds. The van der Waals surface area contributed by atoms with Gasteiger partial charge < -0.3 is 14.8 Å². The number of anilines is 2. The molecule has 3 aromatic rings. The lowest BCUT2D eigenvalue weighted by atomic mass is 10.1. The molecule has 29 heavy (non-hydrogen) atoms. The lowest BCUT2D eigenvalue weighted by Gasteiger charge is -2.15. The number of carbonyl (C=O) groups is 1. The highest BCUT2D eigenvalue weighted by atomic mass is 35.5. The first-order valence-electron chi connectivity index (χ1n) is 9.03. The molecule has 0 saturated carbocycles. The molecule has 0 fully saturated rings. The summed E-state index contributed by atoms with van der Waals surface area (Å²) in [4.78, 5) is 24.4. The van der Waals surface area contributed by atoms with Crippen molar-refractivity contribution < 1.29 is 14.3 Å². The number of nitrogens with one attached hydrogen (secondary N) is 1.